The van der Waals surface area contributed by atoms with E-state index in [0.29, 0.717) is 0 Å². The summed E-state index contributed by atoms with van der Waals surface area (Å²) in [6, 6.07) is 66.6. The van der Waals surface area contributed by atoms with E-state index in [2.05, 4.69) is 204 Å². The van der Waals surface area contributed by atoms with E-state index in [9.17, 15) is 0 Å². The number of para-hydroxylation sites is 4. The second-order valence-corrected chi connectivity index (χ2v) is 15.3. The number of ether oxygens (including phenoxy) is 1. The molecule has 0 N–H and O–H groups in total. The van der Waals surface area contributed by atoms with Crippen LogP contribution in [0, 0.1) is 0 Å². The van der Waals surface area contributed by atoms with Gasteiger partial charge in [0.15, 0.2) is 0 Å². The highest BCUT2D eigenvalue weighted by Crippen LogP contribution is 2.59. The molecule has 2 aromatic heterocycles. The second-order valence-electron chi connectivity index (χ2n) is 15.3. The predicted octanol–water partition coefficient (Wildman–Crippen LogP) is 13.7. The first-order valence-corrected chi connectivity index (χ1v) is 19.9. The van der Waals surface area contributed by atoms with Crippen LogP contribution in [0.5, 0.6) is 5.75 Å². The first-order valence-electron chi connectivity index (χ1n) is 19.9. The highest BCUT2D eigenvalue weighted by Gasteiger charge is 2.48. The standard InChI is InChI=1S/C55H36N2O/c1-36-17-14-15-32-58-54-40(36)25-16-28-49(54)55(47-26-11-8-22-41(47)42-23-9-12-27-48(42)55)37-30-31-51-44(33-37)46-34-45-43-24-10-13-29-50(43)56(38-18-4-2-5-19-38)52(45)35-53(46)57(51)39-20-6-3-7-21-39/h2-35H,1H2/b17-14-,32-15-. The number of hydrogen-bond donors (Lipinski definition) is 0. The van der Waals surface area contributed by atoms with Crippen molar-refractivity contribution in [3.8, 4) is 28.3 Å². The number of aromatic nitrogens is 2. The van der Waals surface area contributed by atoms with Gasteiger partial charge in [-0.3, -0.25) is 0 Å². The fourth-order valence-corrected chi connectivity index (χ4v) is 10.0. The average molecular weight is 741 g/mol. The largest absolute Gasteiger partial charge is 0.464 e. The minimum atomic E-state index is -0.696. The first-order chi connectivity index (χ1) is 28.7. The minimum absolute atomic E-state index is 0.696. The van der Waals surface area contributed by atoms with Gasteiger partial charge in [0.05, 0.1) is 33.7 Å². The van der Waals surface area contributed by atoms with Crippen LogP contribution in [0.25, 0.3) is 71.7 Å². The third kappa shape index (κ3) is 4.44. The van der Waals surface area contributed by atoms with Crippen molar-refractivity contribution in [3.05, 3.63) is 241 Å². The van der Waals surface area contributed by atoms with Crippen LogP contribution in [0.15, 0.2) is 213 Å². The molecule has 0 spiro atoms. The summed E-state index contributed by atoms with van der Waals surface area (Å²) in [6.45, 7) is 4.48. The van der Waals surface area contributed by atoms with Gasteiger partial charge >= 0.3 is 0 Å². The fourth-order valence-electron chi connectivity index (χ4n) is 10.0. The van der Waals surface area contributed by atoms with E-state index >= 15 is 0 Å². The Hall–Kier alpha value is -7.62. The van der Waals surface area contributed by atoms with Crippen molar-refractivity contribution in [2.75, 3.05) is 0 Å². The summed E-state index contributed by atoms with van der Waals surface area (Å²) < 4.78 is 11.5. The molecule has 3 heteroatoms. The molecule has 1 aliphatic heterocycles. The molecule has 8 aromatic carbocycles. The first kappa shape index (κ1) is 32.6. The molecule has 272 valence electrons. The predicted molar refractivity (Wildman–Crippen MR) is 240 cm³/mol. The minimum Gasteiger partial charge on any atom is -0.464 e. The second kappa shape index (κ2) is 12.4. The van der Waals surface area contributed by atoms with E-state index in [1.807, 2.05) is 12.2 Å². The van der Waals surface area contributed by atoms with Gasteiger partial charge in [0.1, 0.15) is 5.75 Å². The molecule has 0 amide bonds. The zero-order valence-corrected chi connectivity index (χ0v) is 31.6. The lowest BCUT2D eigenvalue weighted by Gasteiger charge is -2.35. The van der Waals surface area contributed by atoms with E-state index in [4.69, 9.17) is 4.74 Å². The summed E-state index contributed by atoms with van der Waals surface area (Å²) in [7, 11) is 0. The summed E-state index contributed by atoms with van der Waals surface area (Å²) in [5.41, 5.74) is 15.4. The molecule has 3 nitrogen and oxygen atoms in total. The van der Waals surface area contributed by atoms with Gasteiger partial charge in [-0.15, -0.1) is 0 Å². The van der Waals surface area contributed by atoms with Gasteiger partial charge in [-0.1, -0.05) is 146 Å². The number of fused-ring (bicyclic) bond motifs is 10. The number of allylic oxidation sites excluding steroid dienone is 4. The molecule has 0 unspecified atom stereocenters. The zero-order chi connectivity index (χ0) is 38.4. The van der Waals surface area contributed by atoms with Gasteiger partial charge < -0.3 is 13.9 Å². The Balaban J connectivity index is 1.23. The van der Waals surface area contributed by atoms with E-state index in [1.54, 1.807) is 6.26 Å². The molecule has 0 saturated heterocycles. The summed E-state index contributed by atoms with van der Waals surface area (Å²) in [5.74, 6) is 0.821. The fraction of sp³-hybridized carbons (Fsp3) is 0.0182. The van der Waals surface area contributed by atoms with Crippen LogP contribution in [0.2, 0.25) is 0 Å². The van der Waals surface area contributed by atoms with Crippen molar-refractivity contribution in [2.45, 2.75) is 5.41 Å². The SMILES string of the molecule is C=C1/C=C\C=C/Oc2c1cccc2C1(c2ccc3c(c2)c2cc4c5ccccc5n(-c5ccccc5)c4cc2n3-c2ccccc2)c2ccccc2-c2ccccc21. The number of nitrogens with zero attached hydrogens (tertiary/aromatic N) is 2. The van der Waals surface area contributed by atoms with Crippen LogP contribution in [0.3, 0.4) is 0 Å². The molecule has 2 aliphatic rings. The quantitative estimate of drug-likeness (QED) is 0.176. The van der Waals surface area contributed by atoms with E-state index in [1.165, 1.54) is 60.4 Å². The Morgan fingerprint density at radius 1 is 0.414 bits per heavy atom. The monoisotopic (exact) mass is 740 g/mol. The van der Waals surface area contributed by atoms with Crippen molar-refractivity contribution in [1.82, 2.24) is 9.13 Å². The molecule has 1 aliphatic carbocycles. The normalized spacial score (nSPS) is 15.1. The van der Waals surface area contributed by atoms with Gasteiger partial charge in [-0.25, -0.2) is 0 Å². The molecular weight excluding hydrogens is 705 g/mol. The third-order valence-corrected chi connectivity index (χ3v) is 12.4. The van der Waals surface area contributed by atoms with Crippen molar-refractivity contribution >= 4 is 49.2 Å². The average Bonchev–Trinajstić information content (AvgIpc) is 3.89. The lowest BCUT2D eigenvalue weighted by atomic mass is 9.66. The Morgan fingerprint density at radius 3 is 1.67 bits per heavy atom. The molecule has 0 saturated carbocycles. The molecule has 0 radical (unpaired) electrons. The van der Waals surface area contributed by atoms with E-state index in [-0.39, 0.29) is 0 Å². The molecule has 0 atom stereocenters. The van der Waals surface area contributed by atoms with Crippen LogP contribution in [0.4, 0.5) is 0 Å². The molecular formula is C55H36N2O. The summed E-state index contributed by atoms with van der Waals surface area (Å²) in [5, 5.41) is 4.87. The van der Waals surface area contributed by atoms with Gasteiger partial charge in [-0.2, -0.15) is 0 Å². The molecule has 0 fully saturated rings. The van der Waals surface area contributed by atoms with Gasteiger partial charge in [0.25, 0.3) is 0 Å². The molecule has 12 rings (SSSR count). The topological polar surface area (TPSA) is 19.1 Å². The molecule has 58 heavy (non-hydrogen) atoms. The maximum Gasteiger partial charge on any atom is 0.139 e. The Labute approximate surface area is 336 Å². The smallest absolute Gasteiger partial charge is 0.139 e. The van der Waals surface area contributed by atoms with Crippen LogP contribution in [-0.4, -0.2) is 9.13 Å². The third-order valence-electron chi connectivity index (χ3n) is 12.4. The summed E-state index contributed by atoms with van der Waals surface area (Å²) in [4.78, 5) is 0. The van der Waals surface area contributed by atoms with Crippen LogP contribution >= 0.6 is 0 Å². The van der Waals surface area contributed by atoms with E-state index in [0.717, 1.165) is 44.9 Å². The van der Waals surface area contributed by atoms with Gasteiger partial charge in [-0.05, 0) is 94.1 Å². The zero-order valence-electron chi connectivity index (χ0n) is 31.6. The molecule has 0 bridgehead atoms. The maximum absolute atomic E-state index is 6.67. The van der Waals surface area contributed by atoms with Crippen molar-refractivity contribution in [1.29, 1.82) is 0 Å². The van der Waals surface area contributed by atoms with Crippen LogP contribution < -0.4 is 4.74 Å². The van der Waals surface area contributed by atoms with Gasteiger partial charge in [0.2, 0.25) is 0 Å². The Bertz CT molecular complexity index is 3330. The summed E-state index contributed by atoms with van der Waals surface area (Å²) in [6.07, 6.45) is 7.77. The Morgan fingerprint density at radius 2 is 0.966 bits per heavy atom. The number of hydrogen-bond acceptors (Lipinski definition) is 1. The highest BCUT2D eigenvalue weighted by molar-refractivity contribution is 6.19. The van der Waals surface area contributed by atoms with E-state index < -0.39 is 5.41 Å². The van der Waals surface area contributed by atoms with Gasteiger partial charge in [0, 0.05) is 44.0 Å². The Kier molecular flexibility index (Phi) is 6.99. The van der Waals surface area contributed by atoms with Crippen molar-refractivity contribution < 1.29 is 4.74 Å². The number of benzene rings is 8. The summed E-state index contributed by atoms with van der Waals surface area (Å²) >= 11 is 0. The van der Waals surface area contributed by atoms with Crippen molar-refractivity contribution in [3.63, 3.8) is 0 Å². The van der Waals surface area contributed by atoms with Crippen molar-refractivity contribution in [2.24, 2.45) is 0 Å². The van der Waals surface area contributed by atoms with Crippen LogP contribution in [0.1, 0.15) is 27.8 Å². The highest BCUT2D eigenvalue weighted by atomic mass is 16.5. The lowest BCUT2D eigenvalue weighted by molar-refractivity contribution is 0.466. The molecule has 10 aromatic rings. The molecule has 3 heterocycles. The number of rotatable bonds is 4. The lowest BCUT2D eigenvalue weighted by Crippen LogP contribution is -2.29. The van der Waals surface area contributed by atoms with Crippen LogP contribution in [-0.2, 0) is 5.41 Å². The maximum atomic E-state index is 6.67.